The first-order chi connectivity index (χ1) is 13.6. The van der Waals surface area contributed by atoms with Gasteiger partial charge in [0.2, 0.25) is 6.23 Å². The molecule has 0 aliphatic carbocycles. The van der Waals surface area contributed by atoms with Crippen molar-refractivity contribution in [2.24, 2.45) is 5.10 Å². The molecule has 6 heteroatoms. The van der Waals surface area contributed by atoms with Crippen LogP contribution in [-0.4, -0.2) is 10.7 Å². The van der Waals surface area contributed by atoms with Crippen molar-refractivity contribution in [2.45, 2.75) is 18.7 Å². The van der Waals surface area contributed by atoms with Crippen LogP contribution in [0.4, 0.5) is 0 Å². The van der Waals surface area contributed by atoms with Crippen LogP contribution in [0.25, 0.3) is 0 Å². The van der Waals surface area contributed by atoms with Gasteiger partial charge in [-0.25, -0.2) is 5.01 Å². The quantitative estimate of drug-likeness (QED) is 0.443. The van der Waals surface area contributed by atoms with Crippen LogP contribution in [0.5, 0.6) is 5.75 Å². The molecule has 0 radical (unpaired) electrons. The topological polar surface area (TPSA) is 24.8 Å². The predicted octanol–water partition coefficient (Wildman–Crippen LogP) is 6.89. The third-order valence-corrected chi connectivity index (χ3v) is 5.82. The number of benzene rings is 3. The molecule has 2 aliphatic rings. The van der Waals surface area contributed by atoms with E-state index in [4.69, 9.17) is 44.6 Å². The van der Waals surface area contributed by atoms with Gasteiger partial charge in [-0.15, -0.1) is 0 Å². The summed E-state index contributed by atoms with van der Waals surface area (Å²) in [5.41, 5.74) is 4.09. The second-order valence-electron chi connectivity index (χ2n) is 6.86. The van der Waals surface area contributed by atoms with E-state index in [0.717, 1.165) is 34.6 Å². The fourth-order valence-corrected chi connectivity index (χ4v) is 4.15. The van der Waals surface area contributed by atoms with Crippen LogP contribution >= 0.6 is 34.8 Å². The molecule has 0 fully saturated rings. The van der Waals surface area contributed by atoms with Crippen molar-refractivity contribution in [1.29, 1.82) is 0 Å². The van der Waals surface area contributed by atoms with Gasteiger partial charge in [-0.1, -0.05) is 59.1 Å². The number of ether oxygens (including phenoxy) is 1. The molecule has 0 N–H and O–H groups in total. The molecule has 0 spiro atoms. The summed E-state index contributed by atoms with van der Waals surface area (Å²) < 4.78 is 6.33. The molecular weight excluding hydrogens is 415 g/mol. The molecule has 0 amide bonds. The average molecular weight is 430 g/mol. The standard InChI is InChI=1S/C22H15Cl3N2O/c23-15-5-1-13(2-6-15)19-12-20-18-11-17(25)9-10-21(18)28-22(27(20)26-19)14-3-7-16(24)8-4-14/h1-11,20,22H,12H2/t20-,22-/m1/s1. The fraction of sp³-hybridized carbons (Fsp3) is 0.136. The Kier molecular flexibility index (Phi) is 4.47. The fourth-order valence-electron chi connectivity index (χ4n) is 3.72. The van der Waals surface area contributed by atoms with E-state index in [1.807, 2.05) is 71.7 Å². The minimum Gasteiger partial charge on any atom is -0.464 e. The summed E-state index contributed by atoms with van der Waals surface area (Å²) in [5.74, 6) is 0.832. The summed E-state index contributed by atoms with van der Waals surface area (Å²) >= 11 is 18.4. The first-order valence-corrected chi connectivity index (χ1v) is 10.1. The van der Waals surface area contributed by atoms with Gasteiger partial charge in [0.05, 0.1) is 11.8 Å². The molecule has 3 nitrogen and oxygen atoms in total. The SMILES string of the molecule is Clc1ccc(C2=NN3[C@H](C2)c2cc(Cl)ccc2O[C@@H]3c2ccc(Cl)cc2)cc1. The van der Waals surface area contributed by atoms with Crippen molar-refractivity contribution in [3.05, 3.63) is 98.5 Å². The summed E-state index contributed by atoms with van der Waals surface area (Å²) in [6.45, 7) is 0. The lowest BCUT2D eigenvalue weighted by atomic mass is 9.96. The summed E-state index contributed by atoms with van der Waals surface area (Å²) in [5, 5.41) is 9.03. The van der Waals surface area contributed by atoms with Gasteiger partial charge < -0.3 is 4.74 Å². The van der Waals surface area contributed by atoms with Gasteiger partial charge in [0.15, 0.2) is 0 Å². The summed E-state index contributed by atoms with van der Waals surface area (Å²) in [6, 6.07) is 21.2. The summed E-state index contributed by atoms with van der Waals surface area (Å²) in [7, 11) is 0. The number of hydrogen-bond donors (Lipinski definition) is 0. The van der Waals surface area contributed by atoms with Crippen LogP contribution < -0.4 is 4.74 Å². The van der Waals surface area contributed by atoms with Crippen molar-refractivity contribution in [2.75, 3.05) is 0 Å². The third-order valence-electron chi connectivity index (χ3n) is 5.08. The first-order valence-electron chi connectivity index (χ1n) is 8.92. The monoisotopic (exact) mass is 428 g/mol. The smallest absolute Gasteiger partial charge is 0.213 e. The van der Waals surface area contributed by atoms with Crippen molar-refractivity contribution in [3.63, 3.8) is 0 Å². The lowest BCUT2D eigenvalue weighted by molar-refractivity contribution is -0.0190. The van der Waals surface area contributed by atoms with E-state index < -0.39 is 0 Å². The number of hydrogen-bond acceptors (Lipinski definition) is 3. The Labute approximate surface area is 178 Å². The van der Waals surface area contributed by atoms with Crippen LogP contribution in [-0.2, 0) is 0 Å². The Morgan fingerprint density at radius 3 is 2.18 bits per heavy atom. The molecule has 2 heterocycles. The van der Waals surface area contributed by atoms with Gasteiger partial charge in [0, 0.05) is 32.6 Å². The molecule has 2 aliphatic heterocycles. The molecule has 28 heavy (non-hydrogen) atoms. The zero-order valence-corrected chi connectivity index (χ0v) is 16.9. The molecule has 0 saturated heterocycles. The molecule has 0 saturated carbocycles. The largest absolute Gasteiger partial charge is 0.464 e. The Morgan fingerprint density at radius 2 is 1.46 bits per heavy atom. The zero-order valence-electron chi connectivity index (χ0n) is 14.6. The number of fused-ring (bicyclic) bond motifs is 3. The van der Waals surface area contributed by atoms with Gasteiger partial charge in [-0.2, -0.15) is 5.10 Å². The van der Waals surface area contributed by atoms with Crippen molar-refractivity contribution >= 4 is 40.5 Å². The Bertz CT molecular complexity index is 1060. The van der Waals surface area contributed by atoms with Crippen LogP contribution in [0.3, 0.4) is 0 Å². The van der Waals surface area contributed by atoms with Crippen molar-refractivity contribution in [1.82, 2.24) is 5.01 Å². The van der Waals surface area contributed by atoms with Crippen LogP contribution in [0.2, 0.25) is 15.1 Å². The Hall–Kier alpha value is -2.20. The van der Waals surface area contributed by atoms with Crippen LogP contribution in [0.15, 0.2) is 71.8 Å². The summed E-state index contributed by atoms with van der Waals surface area (Å²) in [6.07, 6.45) is 0.434. The summed E-state index contributed by atoms with van der Waals surface area (Å²) in [4.78, 5) is 0. The Morgan fingerprint density at radius 1 is 0.821 bits per heavy atom. The molecule has 0 bridgehead atoms. The van der Waals surface area contributed by atoms with E-state index in [-0.39, 0.29) is 12.3 Å². The number of nitrogens with zero attached hydrogens (tertiary/aromatic N) is 2. The maximum atomic E-state index is 6.33. The maximum absolute atomic E-state index is 6.33. The molecule has 0 unspecified atom stereocenters. The lowest BCUT2D eigenvalue weighted by Gasteiger charge is -2.38. The molecule has 3 aromatic carbocycles. The van der Waals surface area contributed by atoms with E-state index >= 15 is 0 Å². The molecule has 2 atom stereocenters. The first kappa shape index (κ1) is 17.9. The highest BCUT2D eigenvalue weighted by molar-refractivity contribution is 6.31. The minimum absolute atomic E-state index is 0.0498. The lowest BCUT2D eigenvalue weighted by Crippen LogP contribution is -2.33. The van der Waals surface area contributed by atoms with Crippen LogP contribution in [0, 0.1) is 0 Å². The highest BCUT2D eigenvalue weighted by Gasteiger charge is 2.41. The maximum Gasteiger partial charge on any atom is 0.213 e. The molecular formula is C22H15Cl3N2O. The molecule has 0 aromatic heterocycles. The number of hydrazone groups is 1. The van der Waals surface area contributed by atoms with E-state index in [1.54, 1.807) is 0 Å². The normalized spacial score (nSPS) is 20.2. The molecule has 5 rings (SSSR count). The number of rotatable bonds is 2. The Balaban J connectivity index is 1.59. The van der Waals surface area contributed by atoms with Crippen LogP contribution in [0.1, 0.15) is 35.4 Å². The third kappa shape index (κ3) is 3.14. The van der Waals surface area contributed by atoms with Crippen molar-refractivity contribution < 1.29 is 4.74 Å². The van der Waals surface area contributed by atoms with Gasteiger partial charge in [-0.3, -0.25) is 0 Å². The van der Waals surface area contributed by atoms with E-state index in [2.05, 4.69) is 0 Å². The number of halogens is 3. The highest BCUT2D eigenvalue weighted by Crippen LogP contribution is 2.48. The van der Waals surface area contributed by atoms with Gasteiger partial charge >= 0.3 is 0 Å². The van der Waals surface area contributed by atoms with Gasteiger partial charge in [0.25, 0.3) is 0 Å². The second-order valence-corrected chi connectivity index (χ2v) is 8.17. The average Bonchev–Trinajstić information content (AvgIpc) is 3.14. The molecule has 3 aromatic rings. The highest BCUT2D eigenvalue weighted by atomic mass is 35.5. The molecule has 140 valence electrons. The van der Waals surface area contributed by atoms with E-state index in [0.29, 0.717) is 15.1 Å². The van der Waals surface area contributed by atoms with Gasteiger partial charge in [0.1, 0.15) is 5.75 Å². The minimum atomic E-state index is -0.333. The van der Waals surface area contributed by atoms with Gasteiger partial charge in [-0.05, 0) is 48.0 Å². The van der Waals surface area contributed by atoms with E-state index in [9.17, 15) is 0 Å². The van der Waals surface area contributed by atoms with E-state index in [1.165, 1.54) is 0 Å². The predicted molar refractivity (Wildman–Crippen MR) is 113 cm³/mol. The zero-order chi connectivity index (χ0) is 19.3. The van der Waals surface area contributed by atoms with Crippen molar-refractivity contribution in [3.8, 4) is 5.75 Å². The second kappa shape index (κ2) is 7.00.